The van der Waals surface area contributed by atoms with Crippen LogP contribution < -0.4 is 10.1 Å². The monoisotopic (exact) mass is 493 g/mol. The summed E-state index contributed by atoms with van der Waals surface area (Å²) in [6.07, 6.45) is -4.09. The third-order valence-electron chi connectivity index (χ3n) is 5.03. The Morgan fingerprint density at radius 3 is 2.34 bits per heavy atom. The predicted molar refractivity (Wildman–Crippen MR) is 117 cm³/mol. The van der Waals surface area contributed by atoms with Crippen molar-refractivity contribution in [1.29, 1.82) is 0 Å². The van der Waals surface area contributed by atoms with Gasteiger partial charge in [0.25, 0.3) is 5.91 Å². The van der Waals surface area contributed by atoms with Crippen LogP contribution in [0.2, 0.25) is 0 Å². The zero-order chi connectivity index (χ0) is 25.8. The first kappa shape index (κ1) is 25.7. The molecule has 0 radical (unpaired) electrons. The largest absolute Gasteiger partial charge is 0.493 e. The molecule has 0 saturated carbocycles. The highest BCUT2D eigenvalue weighted by Gasteiger charge is 2.31. The highest BCUT2D eigenvalue weighted by molar-refractivity contribution is 5.94. The van der Waals surface area contributed by atoms with E-state index in [1.807, 2.05) is 6.92 Å². The topological polar surface area (TPSA) is 75.6 Å². The second-order valence-corrected chi connectivity index (χ2v) is 7.55. The Hall–Kier alpha value is -3.95. The van der Waals surface area contributed by atoms with E-state index in [2.05, 4.69) is 5.32 Å². The number of aromatic carboxylic acids is 1. The lowest BCUT2D eigenvalue weighted by Crippen LogP contribution is -2.24. The number of amides is 1. The molecule has 1 amide bonds. The summed E-state index contributed by atoms with van der Waals surface area (Å²) >= 11 is 0. The third kappa shape index (κ3) is 6.14. The molecule has 0 spiro atoms. The molecule has 3 aromatic rings. The highest BCUT2D eigenvalue weighted by atomic mass is 19.4. The first-order valence-electron chi connectivity index (χ1n) is 10.4. The van der Waals surface area contributed by atoms with E-state index in [1.54, 1.807) is 0 Å². The summed E-state index contributed by atoms with van der Waals surface area (Å²) in [6.45, 7) is 1.99. The van der Waals surface area contributed by atoms with E-state index >= 15 is 0 Å². The van der Waals surface area contributed by atoms with E-state index in [4.69, 9.17) is 4.74 Å². The van der Waals surface area contributed by atoms with Crippen LogP contribution in [-0.4, -0.2) is 23.6 Å². The van der Waals surface area contributed by atoms with Crippen LogP contribution in [0.25, 0.3) is 11.1 Å². The number of ether oxygens (including phenoxy) is 1. The second-order valence-electron chi connectivity index (χ2n) is 7.55. The van der Waals surface area contributed by atoms with Gasteiger partial charge in [0.2, 0.25) is 0 Å². The Kier molecular flexibility index (Phi) is 7.73. The number of carboxylic acids is 1. The van der Waals surface area contributed by atoms with Crippen molar-refractivity contribution in [1.82, 2.24) is 5.32 Å². The second kappa shape index (κ2) is 10.5. The predicted octanol–water partition coefficient (Wildman–Crippen LogP) is 6.07. The standard InChI is InChI=1S/C25H20F5NO4/c1-2-9-35-22-8-4-14(19-11-15(24(33)34)3-7-20(19)26)10-16(22)13-31-23(32)18-6-5-17(12-21(18)27)25(28,29)30/h3-8,10-12H,2,9,13H2,1H3,(H,31,32)(H,33,34). The minimum Gasteiger partial charge on any atom is -0.493 e. The van der Waals surface area contributed by atoms with Crippen molar-refractivity contribution in [2.45, 2.75) is 26.1 Å². The van der Waals surface area contributed by atoms with Gasteiger partial charge in [-0.1, -0.05) is 13.0 Å². The van der Waals surface area contributed by atoms with Gasteiger partial charge in [-0.3, -0.25) is 4.79 Å². The van der Waals surface area contributed by atoms with Gasteiger partial charge < -0.3 is 15.2 Å². The molecule has 0 unspecified atom stereocenters. The van der Waals surface area contributed by atoms with Crippen molar-refractivity contribution in [2.24, 2.45) is 0 Å². The number of alkyl halides is 3. The molecule has 2 N–H and O–H groups in total. The molecule has 35 heavy (non-hydrogen) atoms. The summed E-state index contributed by atoms with van der Waals surface area (Å²) in [5.74, 6) is -3.85. The molecular weight excluding hydrogens is 473 g/mol. The Bertz CT molecular complexity index is 1260. The fourth-order valence-electron chi connectivity index (χ4n) is 3.26. The molecule has 0 aliphatic rings. The van der Waals surface area contributed by atoms with Gasteiger partial charge in [0, 0.05) is 17.7 Å². The molecule has 184 valence electrons. The Balaban J connectivity index is 1.90. The molecule has 0 aromatic heterocycles. The summed E-state index contributed by atoms with van der Waals surface area (Å²) in [5, 5.41) is 11.6. The third-order valence-corrected chi connectivity index (χ3v) is 5.03. The van der Waals surface area contributed by atoms with Gasteiger partial charge in [0.05, 0.1) is 23.3 Å². The lowest BCUT2D eigenvalue weighted by atomic mass is 9.99. The van der Waals surface area contributed by atoms with Crippen LogP contribution >= 0.6 is 0 Å². The molecule has 3 aromatic carbocycles. The summed E-state index contributed by atoms with van der Waals surface area (Å²) < 4.78 is 72.5. The molecule has 0 aliphatic carbocycles. The van der Waals surface area contributed by atoms with Crippen molar-refractivity contribution in [3.8, 4) is 16.9 Å². The van der Waals surface area contributed by atoms with E-state index in [9.17, 15) is 36.6 Å². The zero-order valence-corrected chi connectivity index (χ0v) is 18.4. The van der Waals surface area contributed by atoms with Gasteiger partial charge in [-0.15, -0.1) is 0 Å². The van der Waals surface area contributed by atoms with Crippen LogP contribution in [0.1, 0.15) is 45.2 Å². The first-order valence-corrected chi connectivity index (χ1v) is 10.4. The number of nitrogens with one attached hydrogen (secondary N) is 1. The molecule has 0 aliphatic heterocycles. The Morgan fingerprint density at radius 1 is 0.971 bits per heavy atom. The minimum atomic E-state index is -4.75. The number of hydrogen-bond donors (Lipinski definition) is 2. The van der Waals surface area contributed by atoms with Crippen molar-refractivity contribution >= 4 is 11.9 Å². The summed E-state index contributed by atoms with van der Waals surface area (Å²) in [6, 6.07) is 9.43. The fraction of sp³-hybridized carbons (Fsp3) is 0.200. The lowest BCUT2D eigenvalue weighted by Gasteiger charge is -2.15. The zero-order valence-electron chi connectivity index (χ0n) is 18.4. The average Bonchev–Trinajstić information content (AvgIpc) is 2.81. The quantitative estimate of drug-likeness (QED) is 0.374. The molecule has 5 nitrogen and oxygen atoms in total. The SMILES string of the molecule is CCCOc1ccc(-c2cc(C(=O)O)ccc2F)cc1CNC(=O)c1ccc(C(F)(F)F)cc1F. The summed E-state index contributed by atoms with van der Waals surface area (Å²) in [5.41, 5.74) is -1.24. The summed E-state index contributed by atoms with van der Waals surface area (Å²) in [7, 11) is 0. The normalized spacial score (nSPS) is 11.3. The van der Waals surface area contributed by atoms with Crippen LogP contribution in [0.5, 0.6) is 5.75 Å². The van der Waals surface area contributed by atoms with E-state index in [0.717, 1.165) is 18.2 Å². The molecule has 0 heterocycles. The van der Waals surface area contributed by atoms with E-state index in [1.165, 1.54) is 24.3 Å². The maximum atomic E-state index is 14.4. The molecule has 0 saturated heterocycles. The molecule has 10 heteroatoms. The van der Waals surface area contributed by atoms with Crippen LogP contribution in [0.3, 0.4) is 0 Å². The van der Waals surface area contributed by atoms with Gasteiger partial charge in [0.1, 0.15) is 17.4 Å². The van der Waals surface area contributed by atoms with Crippen molar-refractivity contribution in [2.75, 3.05) is 6.61 Å². The van der Waals surface area contributed by atoms with Gasteiger partial charge in [0.15, 0.2) is 0 Å². The maximum Gasteiger partial charge on any atom is 0.416 e. The van der Waals surface area contributed by atoms with Crippen LogP contribution in [0, 0.1) is 11.6 Å². The van der Waals surface area contributed by atoms with Gasteiger partial charge >= 0.3 is 12.1 Å². The Morgan fingerprint density at radius 2 is 1.71 bits per heavy atom. The lowest BCUT2D eigenvalue weighted by molar-refractivity contribution is -0.137. The van der Waals surface area contributed by atoms with E-state index in [0.29, 0.717) is 36.0 Å². The molecule has 0 bridgehead atoms. The highest BCUT2D eigenvalue weighted by Crippen LogP contribution is 2.31. The molecule has 3 rings (SSSR count). The van der Waals surface area contributed by atoms with Crippen LogP contribution in [0.15, 0.2) is 54.6 Å². The van der Waals surface area contributed by atoms with E-state index in [-0.39, 0.29) is 23.7 Å². The average molecular weight is 493 g/mol. The Labute approximate surface area is 197 Å². The number of hydrogen-bond acceptors (Lipinski definition) is 3. The van der Waals surface area contributed by atoms with Crippen molar-refractivity contribution < 1.29 is 41.4 Å². The van der Waals surface area contributed by atoms with Crippen LogP contribution in [-0.2, 0) is 12.7 Å². The summed E-state index contributed by atoms with van der Waals surface area (Å²) in [4.78, 5) is 23.7. The number of carbonyl (C=O) groups excluding carboxylic acids is 1. The number of rotatable bonds is 8. The first-order chi connectivity index (χ1) is 16.5. The smallest absolute Gasteiger partial charge is 0.416 e. The number of benzene rings is 3. The number of halogens is 5. The van der Waals surface area contributed by atoms with Gasteiger partial charge in [-0.25, -0.2) is 13.6 Å². The van der Waals surface area contributed by atoms with Gasteiger partial charge in [-0.05, 0) is 60.5 Å². The van der Waals surface area contributed by atoms with Crippen molar-refractivity contribution in [3.63, 3.8) is 0 Å². The molecule has 0 fully saturated rings. The van der Waals surface area contributed by atoms with Crippen molar-refractivity contribution in [3.05, 3.63) is 88.5 Å². The maximum absolute atomic E-state index is 14.4. The molecular formula is C25H20F5NO4. The van der Waals surface area contributed by atoms with Gasteiger partial charge in [-0.2, -0.15) is 13.2 Å². The minimum absolute atomic E-state index is 0.00769. The van der Waals surface area contributed by atoms with Crippen LogP contribution in [0.4, 0.5) is 22.0 Å². The fourth-order valence-corrected chi connectivity index (χ4v) is 3.26. The number of carbonyl (C=O) groups is 2. The number of carboxylic acid groups (broad SMARTS) is 1. The van der Waals surface area contributed by atoms with E-state index < -0.39 is 40.8 Å². The molecule has 0 atom stereocenters.